The molecule has 0 aliphatic carbocycles. The number of amides is 1. The lowest BCUT2D eigenvalue weighted by Gasteiger charge is -2.40. The van der Waals surface area contributed by atoms with Gasteiger partial charge in [-0.1, -0.05) is 32.0 Å². The monoisotopic (exact) mass is 272 g/mol. The highest BCUT2D eigenvalue weighted by Gasteiger charge is 2.36. The molecule has 0 saturated carbocycles. The van der Waals surface area contributed by atoms with Crippen LogP contribution in [0.1, 0.15) is 32.3 Å². The van der Waals surface area contributed by atoms with Gasteiger partial charge in [0, 0.05) is 31.2 Å². The van der Waals surface area contributed by atoms with Crippen LogP contribution in [0.25, 0.3) is 0 Å². The van der Waals surface area contributed by atoms with Gasteiger partial charge in [-0.25, -0.2) is 0 Å². The van der Waals surface area contributed by atoms with Crippen LogP contribution in [0.4, 0.5) is 5.69 Å². The van der Waals surface area contributed by atoms with Crippen LogP contribution >= 0.6 is 0 Å². The molecule has 1 amide bonds. The maximum Gasteiger partial charge on any atom is 0.225 e. The lowest BCUT2D eigenvalue weighted by atomic mass is 10.0. The van der Waals surface area contributed by atoms with Crippen molar-refractivity contribution in [2.24, 2.45) is 5.92 Å². The fourth-order valence-corrected chi connectivity index (χ4v) is 3.66. The third-order valence-electron chi connectivity index (χ3n) is 4.89. The number of rotatable bonds is 3. The van der Waals surface area contributed by atoms with E-state index >= 15 is 0 Å². The molecule has 0 N–H and O–H groups in total. The second-order valence-corrected chi connectivity index (χ2v) is 5.98. The van der Waals surface area contributed by atoms with E-state index in [9.17, 15) is 4.79 Å². The molecule has 3 heteroatoms. The van der Waals surface area contributed by atoms with Gasteiger partial charge in [0.25, 0.3) is 0 Å². The van der Waals surface area contributed by atoms with Crippen LogP contribution in [0.15, 0.2) is 24.3 Å². The van der Waals surface area contributed by atoms with Gasteiger partial charge in [0.15, 0.2) is 0 Å². The maximum absolute atomic E-state index is 12.5. The van der Waals surface area contributed by atoms with Gasteiger partial charge in [-0.05, 0) is 30.9 Å². The fraction of sp³-hybridized carbons (Fsp3) is 0.588. The average molecular weight is 272 g/mol. The van der Waals surface area contributed by atoms with E-state index in [4.69, 9.17) is 0 Å². The molecule has 0 bridgehead atoms. The van der Waals surface area contributed by atoms with Crippen molar-refractivity contribution in [2.75, 3.05) is 24.5 Å². The minimum atomic E-state index is 0.213. The molecule has 2 aliphatic rings. The molecule has 20 heavy (non-hydrogen) atoms. The van der Waals surface area contributed by atoms with Crippen molar-refractivity contribution < 1.29 is 4.79 Å². The minimum Gasteiger partial charge on any atom is -0.364 e. The van der Waals surface area contributed by atoms with Crippen LogP contribution in [0.5, 0.6) is 0 Å². The summed E-state index contributed by atoms with van der Waals surface area (Å²) in [6.07, 6.45) is 3.00. The third kappa shape index (κ3) is 2.19. The third-order valence-corrected chi connectivity index (χ3v) is 4.89. The summed E-state index contributed by atoms with van der Waals surface area (Å²) < 4.78 is 0. The molecule has 1 atom stereocenters. The Kier molecular flexibility index (Phi) is 3.68. The molecule has 1 aromatic carbocycles. The molecular weight excluding hydrogens is 248 g/mol. The van der Waals surface area contributed by atoms with E-state index in [0.717, 1.165) is 38.9 Å². The maximum atomic E-state index is 12.5. The zero-order chi connectivity index (χ0) is 14.1. The molecule has 108 valence electrons. The highest BCUT2D eigenvalue weighted by Crippen LogP contribution is 2.34. The summed E-state index contributed by atoms with van der Waals surface area (Å²) in [5, 5.41) is 0. The van der Waals surface area contributed by atoms with Crippen LogP contribution in [-0.2, 0) is 11.2 Å². The van der Waals surface area contributed by atoms with Crippen LogP contribution in [0.2, 0.25) is 0 Å². The van der Waals surface area contributed by atoms with Gasteiger partial charge < -0.3 is 9.80 Å². The summed E-state index contributed by atoms with van der Waals surface area (Å²) >= 11 is 0. The van der Waals surface area contributed by atoms with Crippen LogP contribution < -0.4 is 4.90 Å². The van der Waals surface area contributed by atoms with Crippen LogP contribution in [0, 0.1) is 5.92 Å². The molecule has 0 radical (unpaired) electrons. The van der Waals surface area contributed by atoms with Gasteiger partial charge in [0.1, 0.15) is 0 Å². The van der Waals surface area contributed by atoms with E-state index in [-0.39, 0.29) is 5.92 Å². The molecule has 0 spiro atoms. The van der Waals surface area contributed by atoms with Crippen molar-refractivity contribution in [3.05, 3.63) is 29.8 Å². The number of para-hydroxylation sites is 1. The first-order valence-corrected chi connectivity index (χ1v) is 7.88. The number of nitrogens with zero attached hydrogens (tertiary/aromatic N) is 2. The van der Waals surface area contributed by atoms with E-state index in [0.29, 0.717) is 11.9 Å². The normalized spacial score (nSPS) is 21.1. The molecule has 2 heterocycles. The van der Waals surface area contributed by atoms with Crippen molar-refractivity contribution in [2.45, 2.75) is 39.2 Å². The number of carbonyl (C=O) groups is 1. The Labute approximate surface area is 121 Å². The minimum absolute atomic E-state index is 0.213. The Hall–Kier alpha value is -1.51. The quantitative estimate of drug-likeness (QED) is 0.844. The summed E-state index contributed by atoms with van der Waals surface area (Å²) in [5.41, 5.74) is 2.82. The molecule has 3 rings (SSSR count). The Morgan fingerprint density at radius 3 is 2.75 bits per heavy atom. The largest absolute Gasteiger partial charge is 0.364 e. The second kappa shape index (κ2) is 5.47. The van der Waals surface area contributed by atoms with Gasteiger partial charge >= 0.3 is 0 Å². The summed E-state index contributed by atoms with van der Waals surface area (Å²) in [6.45, 7) is 6.99. The average Bonchev–Trinajstić information content (AvgIpc) is 2.86. The van der Waals surface area contributed by atoms with Crippen LogP contribution in [0.3, 0.4) is 0 Å². The van der Waals surface area contributed by atoms with Gasteiger partial charge in [-0.2, -0.15) is 0 Å². The Bertz CT molecular complexity index is 496. The lowest BCUT2D eigenvalue weighted by molar-refractivity contribution is -0.136. The first-order valence-electron chi connectivity index (χ1n) is 7.88. The number of fused-ring (bicyclic) bond motifs is 3. The SMILES string of the molecule is CCC(CC)C(=O)N1CCN2c3ccccc3CC2C1. The number of hydrogen-bond donors (Lipinski definition) is 0. The molecule has 1 aromatic rings. The summed E-state index contributed by atoms with van der Waals surface area (Å²) in [7, 11) is 0. The molecule has 1 unspecified atom stereocenters. The molecule has 1 fully saturated rings. The predicted molar refractivity (Wildman–Crippen MR) is 81.9 cm³/mol. The molecule has 1 saturated heterocycles. The zero-order valence-corrected chi connectivity index (χ0v) is 12.5. The topological polar surface area (TPSA) is 23.6 Å². The van der Waals surface area contributed by atoms with Crippen molar-refractivity contribution in [3.8, 4) is 0 Å². The van der Waals surface area contributed by atoms with Gasteiger partial charge in [0.05, 0.1) is 6.04 Å². The van der Waals surface area contributed by atoms with Crippen molar-refractivity contribution >= 4 is 11.6 Å². The van der Waals surface area contributed by atoms with Crippen LogP contribution in [-0.4, -0.2) is 36.5 Å². The molecular formula is C17H24N2O. The summed E-state index contributed by atoms with van der Waals surface area (Å²) in [6, 6.07) is 9.15. The van der Waals surface area contributed by atoms with E-state index in [1.165, 1.54) is 11.3 Å². The van der Waals surface area contributed by atoms with E-state index in [1.807, 2.05) is 0 Å². The van der Waals surface area contributed by atoms with Gasteiger partial charge in [-0.15, -0.1) is 0 Å². The number of benzene rings is 1. The van der Waals surface area contributed by atoms with Crippen molar-refractivity contribution in [1.29, 1.82) is 0 Å². The Balaban J connectivity index is 1.71. The smallest absolute Gasteiger partial charge is 0.225 e. The molecule has 0 aromatic heterocycles. The van der Waals surface area contributed by atoms with Crippen molar-refractivity contribution in [1.82, 2.24) is 4.90 Å². The molecule has 3 nitrogen and oxygen atoms in total. The first-order chi connectivity index (χ1) is 9.74. The Morgan fingerprint density at radius 1 is 1.25 bits per heavy atom. The first kappa shape index (κ1) is 13.5. The standard InChI is InChI=1S/C17H24N2O/c1-3-13(4-2)17(20)18-9-10-19-15(12-18)11-14-7-5-6-8-16(14)19/h5-8,13,15H,3-4,9-12H2,1-2H3. The molecule has 2 aliphatic heterocycles. The zero-order valence-electron chi connectivity index (χ0n) is 12.5. The fourth-order valence-electron chi connectivity index (χ4n) is 3.66. The highest BCUT2D eigenvalue weighted by molar-refractivity contribution is 5.79. The number of hydrogen-bond acceptors (Lipinski definition) is 2. The lowest BCUT2D eigenvalue weighted by Crippen LogP contribution is -2.54. The van der Waals surface area contributed by atoms with Gasteiger partial charge in [-0.3, -0.25) is 4.79 Å². The Morgan fingerprint density at radius 2 is 2.00 bits per heavy atom. The van der Waals surface area contributed by atoms with E-state index in [2.05, 4.69) is 47.9 Å². The summed E-state index contributed by atoms with van der Waals surface area (Å²) in [4.78, 5) is 17.1. The van der Waals surface area contributed by atoms with Gasteiger partial charge in [0.2, 0.25) is 5.91 Å². The van der Waals surface area contributed by atoms with Crippen molar-refractivity contribution in [3.63, 3.8) is 0 Å². The van der Waals surface area contributed by atoms with E-state index < -0.39 is 0 Å². The highest BCUT2D eigenvalue weighted by atomic mass is 16.2. The number of piperazine rings is 1. The predicted octanol–water partition coefficient (Wildman–Crippen LogP) is 2.70. The number of anilines is 1. The number of carbonyl (C=O) groups excluding carboxylic acids is 1. The second-order valence-electron chi connectivity index (χ2n) is 5.98. The summed E-state index contributed by atoms with van der Waals surface area (Å²) in [5.74, 6) is 0.580. The van der Waals surface area contributed by atoms with E-state index in [1.54, 1.807) is 0 Å².